The molecular formula is C14H19N3O2. The number of hydrogen-bond donors (Lipinski definition) is 2. The van der Waals surface area contributed by atoms with E-state index in [0.717, 1.165) is 24.9 Å². The van der Waals surface area contributed by atoms with E-state index in [2.05, 4.69) is 5.16 Å². The van der Waals surface area contributed by atoms with E-state index in [0.29, 0.717) is 13.0 Å². The summed E-state index contributed by atoms with van der Waals surface area (Å²) in [7, 11) is 0. The number of carbonyl (C=O) groups is 1. The molecule has 5 heteroatoms. The van der Waals surface area contributed by atoms with Crippen molar-refractivity contribution in [3.05, 3.63) is 35.9 Å². The summed E-state index contributed by atoms with van der Waals surface area (Å²) in [5.41, 5.74) is 6.73. The van der Waals surface area contributed by atoms with Gasteiger partial charge in [-0.15, -0.1) is 0 Å². The average molecular weight is 261 g/mol. The molecule has 1 fully saturated rings. The van der Waals surface area contributed by atoms with Gasteiger partial charge in [0.2, 0.25) is 5.91 Å². The first-order valence-corrected chi connectivity index (χ1v) is 6.50. The minimum Gasteiger partial charge on any atom is -0.409 e. The van der Waals surface area contributed by atoms with E-state index in [-0.39, 0.29) is 17.7 Å². The van der Waals surface area contributed by atoms with Crippen LogP contribution in [0.3, 0.4) is 0 Å². The number of hydrogen-bond acceptors (Lipinski definition) is 3. The van der Waals surface area contributed by atoms with Crippen LogP contribution < -0.4 is 5.73 Å². The van der Waals surface area contributed by atoms with E-state index >= 15 is 0 Å². The summed E-state index contributed by atoms with van der Waals surface area (Å²) in [6.45, 7) is 1.35. The Morgan fingerprint density at radius 2 is 2.16 bits per heavy atom. The third kappa shape index (κ3) is 3.47. The Labute approximate surface area is 112 Å². The molecule has 1 amide bonds. The van der Waals surface area contributed by atoms with Crippen molar-refractivity contribution in [3.8, 4) is 0 Å². The van der Waals surface area contributed by atoms with Gasteiger partial charge in [-0.3, -0.25) is 4.79 Å². The van der Waals surface area contributed by atoms with E-state index in [1.165, 1.54) is 0 Å². The zero-order valence-corrected chi connectivity index (χ0v) is 10.8. The number of nitrogens with zero attached hydrogens (tertiary/aromatic N) is 2. The highest BCUT2D eigenvalue weighted by atomic mass is 16.4. The van der Waals surface area contributed by atoms with Crippen molar-refractivity contribution < 1.29 is 10.0 Å². The van der Waals surface area contributed by atoms with E-state index in [9.17, 15) is 4.79 Å². The fourth-order valence-corrected chi connectivity index (χ4v) is 2.40. The van der Waals surface area contributed by atoms with Gasteiger partial charge in [-0.2, -0.15) is 0 Å². The zero-order chi connectivity index (χ0) is 13.7. The van der Waals surface area contributed by atoms with Gasteiger partial charge in [0.25, 0.3) is 0 Å². The smallest absolute Gasteiger partial charge is 0.223 e. The Morgan fingerprint density at radius 3 is 2.84 bits per heavy atom. The van der Waals surface area contributed by atoms with Crippen LogP contribution in [0.4, 0.5) is 0 Å². The molecule has 0 radical (unpaired) electrons. The summed E-state index contributed by atoms with van der Waals surface area (Å²) < 4.78 is 0. The molecular weight excluding hydrogens is 242 g/mol. The predicted octanol–water partition coefficient (Wildman–Crippen LogP) is 1.56. The fourth-order valence-electron chi connectivity index (χ4n) is 2.40. The molecule has 3 N–H and O–H groups in total. The van der Waals surface area contributed by atoms with Gasteiger partial charge in [0.05, 0.1) is 0 Å². The molecule has 2 rings (SSSR count). The lowest BCUT2D eigenvalue weighted by atomic mass is 9.99. The summed E-state index contributed by atoms with van der Waals surface area (Å²) in [5, 5.41) is 11.7. The van der Waals surface area contributed by atoms with E-state index in [4.69, 9.17) is 10.9 Å². The Kier molecular flexibility index (Phi) is 4.39. The molecule has 1 aliphatic heterocycles. The van der Waals surface area contributed by atoms with Gasteiger partial charge in [-0.05, 0) is 18.4 Å². The molecule has 0 spiro atoms. The SMILES string of the molecule is N/C(=N/O)[C@@H]1CCCN(Cc2ccccc2)C(=O)C1. The number of rotatable bonds is 3. The Bertz CT molecular complexity index is 459. The largest absolute Gasteiger partial charge is 0.409 e. The predicted molar refractivity (Wildman–Crippen MR) is 72.6 cm³/mol. The van der Waals surface area contributed by atoms with Gasteiger partial charge >= 0.3 is 0 Å². The van der Waals surface area contributed by atoms with Gasteiger partial charge in [0, 0.05) is 25.4 Å². The van der Waals surface area contributed by atoms with E-state index in [1.54, 1.807) is 0 Å². The van der Waals surface area contributed by atoms with Gasteiger partial charge < -0.3 is 15.8 Å². The number of likely N-dealkylation sites (tertiary alicyclic amines) is 1. The molecule has 0 unspecified atom stereocenters. The highest BCUT2D eigenvalue weighted by molar-refractivity contribution is 5.88. The summed E-state index contributed by atoms with van der Waals surface area (Å²) in [6, 6.07) is 9.92. The monoisotopic (exact) mass is 261 g/mol. The summed E-state index contributed by atoms with van der Waals surface area (Å²) in [4.78, 5) is 14.0. The molecule has 0 bridgehead atoms. The quantitative estimate of drug-likeness (QED) is 0.375. The maximum atomic E-state index is 12.2. The number of oxime groups is 1. The van der Waals surface area contributed by atoms with Gasteiger partial charge in [0.1, 0.15) is 5.84 Å². The van der Waals surface area contributed by atoms with Crippen LogP contribution >= 0.6 is 0 Å². The lowest BCUT2D eigenvalue weighted by molar-refractivity contribution is -0.131. The number of amides is 1. The van der Waals surface area contributed by atoms with Crippen LogP contribution in [0.15, 0.2) is 35.5 Å². The van der Waals surface area contributed by atoms with Crippen LogP contribution in [0.2, 0.25) is 0 Å². The van der Waals surface area contributed by atoms with Crippen molar-refractivity contribution >= 4 is 11.7 Å². The van der Waals surface area contributed by atoms with Gasteiger partial charge in [-0.1, -0.05) is 35.5 Å². The molecule has 0 saturated carbocycles. The number of nitrogens with two attached hydrogens (primary N) is 1. The van der Waals surface area contributed by atoms with Crippen molar-refractivity contribution in [2.24, 2.45) is 16.8 Å². The molecule has 1 aromatic carbocycles. The maximum Gasteiger partial charge on any atom is 0.223 e. The van der Waals surface area contributed by atoms with Crippen LogP contribution in [0.5, 0.6) is 0 Å². The maximum absolute atomic E-state index is 12.2. The van der Waals surface area contributed by atoms with Crippen molar-refractivity contribution in [2.75, 3.05) is 6.54 Å². The molecule has 1 atom stereocenters. The Balaban J connectivity index is 2.02. The molecule has 1 heterocycles. The normalized spacial score (nSPS) is 21.3. The second kappa shape index (κ2) is 6.22. The first-order chi connectivity index (χ1) is 9.20. The second-order valence-electron chi connectivity index (χ2n) is 4.87. The first-order valence-electron chi connectivity index (χ1n) is 6.50. The van der Waals surface area contributed by atoms with E-state index in [1.807, 2.05) is 35.2 Å². The van der Waals surface area contributed by atoms with Crippen LogP contribution in [0, 0.1) is 5.92 Å². The van der Waals surface area contributed by atoms with Crippen molar-refractivity contribution in [1.82, 2.24) is 4.90 Å². The molecule has 1 aromatic rings. The van der Waals surface area contributed by atoms with Crippen molar-refractivity contribution in [3.63, 3.8) is 0 Å². The third-order valence-corrected chi connectivity index (χ3v) is 3.50. The Morgan fingerprint density at radius 1 is 1.42 bits per heavy atom. The molecule has 102 valence electrons. The molecule has 1 saturated heterocycles. The highest BCUT2D eigenvalue weighted by Gasteiger charge is 2.25. The van der Waals surface area contributed by atoms with Crippen LogP contribution in [-0.4, -0.2) is 28.4 Å². The number of amidine groups is 1. The third-order valence-electron chi connectivity index (χ3n) is 3.50. The molecule has 5 nitrogen and oxygen atoms in total. The number of benzene rings is 1. The zero-order valence-electron chi connectivity index (χ0n) is 10.8. The van der Waals surface area contributed by atoms with Crippen molar-refractivity contribution in [1.29, 1.82) is 0 Å². The molecule has 0 aliphatic carbocycles. The summed E-state index contributed by atoms with van der Waals surface area (Å²) >= 11 is 0. The van der Waals surface area contributed by atoms with E-state index < -0.39 is 0 Å². The summed E-state index contributed by atoms with van der Waals surface area (Å²) in [5.74, 6) is 0.0890. The lowest BCUT2D eigenvalue weighted by Gasteiger charge is -2.20. The lowest BCUT2D eigenvalue weighted by Crippen LogP contribution is -2.32. The standard InChI is InChI=1S/C14H19N3O2/c15-14(16-19)12-7-4-8-17(13(18)9-12)10-11-5-2-1-3-6-11/h1-3,5-6,12,19H,4,7-10H2,(H2,15,16)/t12-/m1/s1. The van der Waals surface area contributed by atoms with Crippen LogP contribution in [0.25, 0.3) is 0 Å². The second-order valence-corrected chi connectivity index (χ2v) is 4.87. The van der Waals surface area contributed by atoms with Gasteiger partial charge in [-0.25, -0.2) is 0 Å². The van der Waals surface area contributed by atoms with Gasteiger partial charge in [0.15, 0.2) is 0 Å². The fraction of sp³-hybridized carbons (Fsp3) is 0.429. The molecule has 19 heavy (non-hydrogen) atoms. The topological polar surface area (TPSA) is 78.9 Å². The first kappa shape index (κ1) is 13.4. The molecule has 0 aromatic heterocycles. The molecule has 1 aliphatic rings. The minimum atomic E-state index is -0.140. The van der Waals surface area contributed by atoms with Crippen LogP contribution in [-0.2, 0) is 11.3 Å². The highest BCUT2D eigenvalue weighted by Crippen LogP contribution is 2.20. The number of carbonyl (C=O) groups excluding carboxylic acids is 1. The van der Waals surface area contributed by atoms with Crippen molar-refractivity contribution in [2.45, 2.75) is 25.8 Å². The minimum absolute atomic E-state index is 0.0675. The van der Waals surface area contributed by atoms with Crippen LogP contribution in [0.1, 0.15) is 24.8 Å². The average Bonchev–Trinajstić information content (AvgIpc) is 2.62. The summed E-state index contributed by atoms with van der Waals surface area (Å²) in [6.07, 6.45) is 1.98. The Hall–Kier alpha value is -2.04.